The van der Waals surface area contributed by atoms with Crippen LogP contribution in [0.15, 0.2) is 59.8 Å². The third-order valence-corrected chi connectivity index (χ3v) is 5.17. The van der Waals surface area contributed by atoms with E-state index in [0.717, 1.165) is 4.68 Å². The van der Waals surface area contributed by atoms with E-state index in [4.69, 9.17) is 16.3 Å². The molecule has 0 saturated heterocycles. The number of benzene rings is 2. The number of anilines is 2. The molecule has 0 radical (unpaired) electrons. The van der Waals surface area contributed by atoms with Gasteiger partial charge >= 0.3 is 6.18 Å². The molecule has 33 heavy (non-hydrogen) atoms. The highest BCUT2D eigenvalue weighted by atomic mass is 35.5. The normalized spacial score (nSPS) is 15.6. The Morgan fingerprint density at radius 3 is 2.61 bits per heavy atom. The van der Waals surface area contributed by atoms with Crippen LogP contribution in [0.5, 0.6) is 5.75 Å². The van der Waals surface area contributed by atoms with Crippen molar-refractivity contribution in [2.45, 2.75) is 26.1 Å². The fraction of sp³-hybridized carbons (Fsp3) is 0.227. The highest BCUT2D eigenvalue weighted by Crippen LogP contribution is 2.38. The molecule has 4 rings (SSSR count). The molecule has 7 nitrogen and oxygen atoms in total. The van der Waals surface area contributed by atoms with Gasteiger partial charge < -0.3 is 15.4 Å². The van der Waals surface area contributed by atoms with Crippen LogP contribution < -0.4 is 15.4 Å². The van der Waals surface area contributed by atoms with Crippen LogP contribution in [0.4, 0.5) is 24.8 Å². The monoisotopic (exact) mass is 477 g/mol. The first kappa shape index (κ1) is 22.7. The van der Waals surface area contributed by atoms with Gasteiger partial charge in [-0.3, -0.25) is 4.79 Å². The topological polar surface area (TPSA) is 81.1 Å². The molecule has 1 aromatic heterocycles. The highest BCUT2D eigenvalue weighted by molar-refractivity contribution is 6.30. The number of nitrogens with zero attached hydrogens (tertiary/aromatic N) is 3. The Kier molecular flexibility index (Phi) is 6.03. The SMILES string of the molecule is CCOc1ccc(NC(=O)C2=C(C)Nc3nc(C(F)(F)F)nn3C2c2cccc(Cl)c2)cc1. The molecule has 1 aliphatic heterocycles. The number of aromatic nitrogens is 3. The van der Waals surface area contributed by atoms with Crippen LogP contribution in [0, 0.1) is 0 Å². The molecule has 1 unspecified atom stereocenters. The predicted octanol–water partition coefficient (Wildman–Crippen LogP) is 5.28. The molecule has 0 bridgehead atoms. The van der Waals surface area contributed by atoms with Gasteiger partial charge in [-0.25, -0.2) is 4.68 Å². The maximum atomic E-state index is 13.3. The van der Waals surface area contributed by atoms with Crippen molar-refractivity contribution in [3.8, 4) is 5.75 Å². The van der Waals surface area contributed by atoms with Crippen molar-refractivity contribution in [2.75, 3.05) is 17.2 Å². The molecule has 0 aliphatic carbocycles. The fourth-order valence-corrected chi connectivity index (χ4v) is 3.75. The fourth-order valence-electron chi connectivity index (χ4n) is 3.55. The Morgan fingerprint density at radius 1 is 1.24 bits per heavy atom. The minimum absolute atomic E-state index is 0.123. The Balaban J connectivity index is 1.74. The number of alkyl halides is 3. The Labute approximate surface area is 192 Å². The number of allylic oxidation sites excluding steroid dienone is 1. The number of hydrogen-bond acceptors (Lipinski definition) is 5. The Morgan fingerprint density at radius 2 is 1.97 bits per heavy atom. The standard InChI is InChI=1S/C22H19ClF3N5O2/c1-3-33-16-9-7-15(8-10-16)28-19(32)17-12(2)27-21-29-20(22(24,25)26)30-31(21)18(17)13-5-4-6-14(23)11-13/h4-11,18H,3H2,1-2H3,(H,28,32)(H,27,29,30). The highest BCUT2D eigenvalue weighted by Gasteiger charge is 2.41. The Hall–Kier alpha value is -3.53. The maximum Gasteiger partial charge on any atom is 0.453 e. The number of hydrogen-bond donors (Lipinski definition) is 2. The number of ether oxygens (including phenoxy) is 1. The summed E-state index contributed by atoms with van der Waals surface area (Å²) in [5.41, 5.74) is 1.50. The lowest BCUT2D eigenvalue weighted by Gasteiger charge is -2.28. The third kappa shape index (κ3) is 4.65. The van der Waals surface area contributed by atoms with Gasteiger partial charge in [0, 0.05) is 16.4 Å². The van der Waals surface area contributed by atoms with Crippen molar-refractivity contribution in [1.82, 2.24) is 14.8 Å². The average Bonchev–Trinajstić information content (AvgIpc) is 3.18. The molecule has 0 spiro atoms. The van der Waals surface area contributed by atoms with Crippen molar-refractivity contribution in [3.63, 3.8) is 0 Å². The predicted molar refractivity (Wildman–Crippen MR) is 117 cm³/mol. The second-order valence-corrected chi connectivity index (χ2v) is 7.67. The van der Waals surface area contributed by atoms with Gasteiger partial charge in [0.25, 0.3) is 11.7 Å². The number of amides is 1. The largest absolute Gasteiger partial charge is 0.494 e. The molecule has 2 heterocycles. The molecule has 1 aliphatic rings. The number of carbonyl (C=O) groups excluding carboxylic acids is 1. The molecule has 1 atom stereocenters. The molecule has 0 fully saturated rings. The molecule has 172 valence electrons. The van der Waals surface area contributed by atoms with E-state index in [1.165, 1.54) is 0 Å². The summed E-state index contributed by atoms with van der Waals surface area (Å²) in [6.07, 6.45) is -4.75. The maximum absolute atomic E-state index is 13.3. The number of nitrogens with one attached hydrogen (secondary N) is 2. The van der Waals surface area contributed by atoms with Crippen molar-refractivity contribution in [1.29, 1.82) is 0 Å². The molecule has 2 N–H and O–H groups in total. The van der Waals surface area contributed by atoms with Crippen LogP contribution in [0.2, 0.25) is 5.02 Å². The van der Waals surface area contributed by atoms with Crippen molar-refractivity contribution >= 4 is 29.1 Å². The summed E-state index contributed by atoms with van der Waals surface area (Å²) < 4.78 is 46.4. The number of fused-ring (bicyclic) bond motifs is 1. The molecule has 3 aromatic rings. The van der Waals surface area contributed by atoms with Crippen LogP contribution >= 0.6 is 11.6 Å². The van der Waals surface area contributed by atoms with Gasteiger partial charge in [-0.05, 0) is 55.8 Å². The zero-order valence-corrected chi connectivity index (χ0v) is 18.3. The molecule has 11 heteroatoms. The Bertz CT molecular complexity index is 1220. The van der Waals surface area contributed by atoms with E-state index < -0.39 is 23.9 Å². The van der Waals surface area contributed by atoms with Crippen molar-refractivity contribution in [2.24, 2.45) is 0 Å². The van der Waals surface area contributed by atoms with Crippen LogP contribution in [0.1, 0.15) is 31.3 Å². The van der Waals surface area contributed by atoms with E-state index in [1.54, 1.807) is 55.5 Å². The molecule has 2 aromatic carbocycles. The van der Waals surface area contributed by atoms with Gasteiger partial charge in [-0.1, -0.05) is 23.7 Å². The zero-order valence-electron chi connectivity index (χ0n) is 17.6. The summed E-state index contributed by atoms with van der Waals surface area (Å²) in [6.45, 7) is 3.96. The van der Waals surface area contributed by atoms with E-state index in [-0.39, 0.29) is 11.5 Å². The van der Waals surface area contributed by atoms with Crippen LogP contribution in [-0.4, -0.2) is 27.3 Å². The van der Waals surface area contributed by atoms with E-state index in [2.05, 4.69) is 20.7 Å². The summed E-state index contributed by atoms with van der Waals surface area (Å²) in [7, 11) is 0. The summed E-state index contributed by atoms with van der Waals surface area (Å²) >= 11 is 6.13. The lowest BCUT2D eigenvalue weighted by atomic mass is 9.95. The lowest BCUT2D eigenvalue weighted by molar-refractivity contribution is -0.145. The lowest BCUT2D eigenvalue weighted by Crippen LogP contribution is -2.31. The molecule has 0 saturated carbocycles. The number of halogens is 4. The minimum Gasteiger partial charge on any atom is -0.494 e. The first-order valence-corrected chi connectivity index (χ1v) is 10.4. The van der Waals surface area contributed by atoms with Gasteiger partial charge in [0.15, 0.2) is 0 Å². The smallest absolute Gasteiger partial charge is 0.453 e. The van der Waals surface area contributed by atoms with Crippen molar-refractivity contribution in [3.05, 3.63) is 76.2 Å². The molecular weight excluding hydrogens is 459 g/mol. The molecule has 1 amide bonds. The average molecular weight is 478 g/mol. The first-order chi connectivity index (χ1) is 15.7. The van der Waals surface area contributed by atoms with Gasteiger partial charge in [0.1, 0.15) is 11.8 Å². The summed E-state index contributed by atoms with van der Waals surface area (Å²) in [4.78, 5) is 16.9. The van der Waals surface area contributed by atoms with E-state index in [0.29, 0.717) is 34.3 Å². The number of carbonyl (C=O) groups is 1. The van der Waals surface area contributed by atoms with E-state index in [1.807, 2.05) is 6.92 Å². The summed E-state index contributed by atoms with van der Waals surface area (Å²) in [6, 6.07) is 12.3. The minimum atomic E-state index is -4.75. The second-order valence-electron chi connectivity index (χ2n) is 7.23. The van der Waals surface area contributed by atoms with E-state index in [9.17, 15) is 18.0 Å². The number of rotatable bonds is 5. The summed E-state index contributed by atoms with van der Waals surface area (Å²) in [5.74, 6) is -1.29. The van der Waals surface area contributed by atoms with Crippen molar-refractivity contribution < 1.29 is 22.7 Å². The van der Waals surface area contributed by atoms with Gasteiger partial charge in [0.05, 0.1) is 12.2 Å². The van der Waals surface area contributed by atoms with Crippen LogP contribution in [0.3, 0.4) is 0 Å². The second kappa shape index (κ2) is 8.78. The summed E-state index contributed by atoms with van der Waals surface area (Å²) in [5, 5.41) is 9.58. The molecular formula is C22H19ClF3N5O2. The zero-order chi connectivity index (χ0) is 23.8. The van der Waals surface area contributed by atoms with Gasteiger partial charge in [0.2, 0.25) is 5.95 Å². The van der Waals surface area contributed by atoms with E-state index >= 15 is 0 Å². The van der Waals surface area contributed by atoms with Crippen LogP contribution in [0.25, 0.3) is 0 Å². The van der Waals surface area contributed by atoms with Crippen LogP contribution in [-0.2, 0) is 11.0 Å². The quantitative estimate of drug-likeness (QED) is 0.523. The first-order valence-electron chi connectivity index (χ1n) is 9.98. The van der Waals surface area contributed by atoms with Gasteiger partial charge in [-0.15, -0.1) is 5.10 Å². The third-order valence-electron chi connectivity index (χ3n) is 4.94. The van der Waals surface area contributed by atoms with Gasteiger partial charge in [-0.2, -0.15) is 18.2 Å².